The van der Waals surface area contributed by atoms with Crippen LogP contribution in [0.4, 0.5) is 0 Å². The smallest absolute Gasteiger partial charge is 0.306 e. The van der Waals surface area contributed by atoms with E-state index in [2.05, 4.69) is 26.8 Å². The Morgan fingerprint density at radius 3 is 2.43 bits per heavy atom. The van der Waals surface area contributed by atoms with E-state index in [-0.39, 0.29) is 5.92 Å². The van der Waals surface area contributed by atoms with E-state index >= 15 is 0 Å². The zero-order chi connectivity index (χ0) is 11.1. The van der Waals surface area contributed by atoms with Gasteiger partial charge in [-0.05, 0) is 32.1 Å². The molecule has 2 atom stereocenters. The topological polar surface area (TPSA) is 37.3 Å². The third kappa shape index (κ3) is 5.79. The molecule has 0 saturated carbocycles. The van der Waals surface area contributed by atoms with E-state index in [1.807, 2.05) is 0 Å². The molecular weight excluding hydrogens is 176 g/mol. The molecule has 0 aromatic rings. The molecule has 0 aromatic carbocycles. The molecule has 0 fully saturated rings. The first-order valence-electron chi connectivity index (χ1n) is 5.35. The fraction of sp³-hybridized carbons (Fsp3) is 0.750. The molecule has 0 radical (unpaired) electrons. The lowest BCUT2D eigenvalue weighted by atomic mass is 9.92. The van der Waals surface area contributed by atoms with E-state index in [0.29, 0.717) is 5.92 Å². The Morgan fingerprint density at radius 2 is 2.00 bits per heavy atom. The largest absolute Gasteiger partial charge is 0.481 e. The molecule has 0 saturated heterocycles. The Bertz CT molecular complexity index is 206. The van der Waals surface area contributed by atoms with Gasteiger partial charge in [0, 0.05) is 0 Å². The highest BCUT2D eigenvalue weighted by Gasteiger charge is 2.14. The Kier molecular flexibility index (Phi) is 6.26. The van der Waals surface area contributed by atoms with Crippen LogP contribution in [-0.4, -0.2) is 11.1 Å². The molecule has 0 bridgehead atoms. The quantitative estimate of drug-likeness (QED) is 0.663. The van der Waals surface area contributed by atoms with Gasteiger partial charge in [0.05, 0.1) is 5.92 Å². The zero-order valence-corrected chi connectivity index (χ0v) is 9.71. The number of hydrogen-bond acceptors (Lipinski definition) is 1. The monoisotopic (exact) mass is 198 g/mol. The van der Waals surface area contributed by atoms with Crippen LogP contribution in [0.3, 0.4) is 0 Å². The van der Waals surface area contributed by atoms with Crippen molar-refractivity contribution in [3.8, 4) is 0 Å². The van der Waals surface area contributed by atoms with Crippen LogP contribution in [0.2, 0.25) is 0 Å². The lowest BCUT2D eigenvalue weighted by Crippen LogP contribution is -2.13. The summed E-state index contributed by atoms with van der Waals surface area (Å²) in [6.07, 6.45) is 5.06. The summed E-state index contributed by atoms with van der Waals surface area (Å²) in [7, 11) is 0. The van der Waals surface area contributed by atoms with Crippen LogP contribution < -0.4 is 0 Å². The average Bonchev–Trinajstić information content (AvgIpc) is 2.03. The number of carbonyl (C=O) groups is 1. The second kappa shape index (κ2) is 6.63. The van der Waals surface area contributed by atoms with Gasteiger partial charge < -0.3 is 5.11 Å². The maximum absolute atomic E-state index is 10.6. The maximum Gasteiger partial charge on any atom is 0.306 e. The standard InChI is InChI=1S/C12H22O2/c1-5-6-9(2)7-10(3)8-11(4)12(13)14/h6,10-11H,5,7-8H2,1-4H3,(H,13,14)/b9-6+/t10-,11-/m0/s1. The van der Waals surface area contributed by atoms with Crippen molar-refractivity contribution >= 4 is 5.97 Å². The van der Waals surface area contributed by atoms with E-state index in [0.717, 1.165) is 19.3 Å². The maximum atomic E-state index is 10.6. The molecule has 0 heterocycles. The van der Waals surface area contributed by atoms with Gasteiger partial charge >= 0.3 is 5.97 Å². The van der Waals surface area contributed by atoms with Crippen LogP contribution in [0, 0.1) is 11.8 Å². The molecule has 0 aromatic heterocycles. The van der Waals surface area contributed by atoms with Gasteiger partial charge in [-0.1, -0.05) is 32.4 Å². The second-order valence-corrected chi connectivity index (χ2v) is 4.24. The first-order chi connectivity index (χ1) is 6.47. The van der Waals surface area contributed by atoms with Crippen molar-refractivity contribution < 1.29 is 9.90 Å². The molecule has 2 nitrogen and oxygen atoms in total. The van der Waals surface area contributed by atoms with Crippen LogP contribution in [-0.2, 0) is 4.79 Å². The Morgan fingerprint density at radius 1 is 1.43 bits per heavy atom. The summed E-state index contributed by atoms with van der Waals surface area (Å²) in [5.41, 5.74) is 1.37. The van der Waals surface area contributed by atoms with Crippen LogP contribution in [0.15, 0.2) is 11.6 Å². The van der Waals surface area contributed by atoms with Crippen molar-refractivity contribution in [1.29, 1.82) is 0 Å². The van der Waals surface area contributed by atoms with Crippen LogP contribution in [0.5, 0.6) is 0 Å². The van der Waals surface area contributed by atoms with E-state index < -0.39 is 5.97 Å². The summed E-state index contributed by atoms with van der Waals surface area (Å²) < 4.78 is 0. The van der Waals surface area contributed by atoms with E-state index in [1.165, 1.54) is 5.57 Å². The predicted molar refractivity (Wildman–Crippen MR) is 59.2 cm³/mol. The summed E-state index contributed by atoms with van der Waals surface area (Å²) in [6.45, 7) is 8.13. The van der Waals surface area contributed by atoms with Crippen LogP contribution in [0.1, 0.15) is 47.0 Å². The van der Waals surface area contributed by atoms with Gasteiger partial charge in [0.15, 0.2) is 0 Å². The zero-order valence-electron chi connectivity index (χ0n) is 9.71. The average molecular weight is 198 g/mol. The fourth-order valence-corrected chi connectivity index (χ4v) is 1.77. The van der Waals surface area contributed by atoms with Crippen molar-refractivity contribution in [2.45, 2.75) is 47.0 Å². The van der Waals surface area contributed by atoms with Gasteiger partial charge in [-0.15, -0.1) is 0 Å². The van der Waals surface area contributed by atoms with Gasteiger partial charge in [0.25, 0.3) is 0 Å². The second-order valence-electron chi connectivity index (χ2n) is 4.24. The minimum atomic E-state index is -0.686. The molecule has 0 unspecified atom stereocenters. The van der Waals surface area contributed by atoms with E-state index in [4.69, 9.17) is 5.11 Å². The number of allylic oxidation sites excluding steroid dienone is 2. The molecule has 0 aliphatic rings. The predicted octanol–water partition coefficient (Wildman–Crippen LogP) is 3.48. The Balaban J connectivity index is 3.92. The van der Waals surface area contributed by atoms with Gasteiger partial charge in [-0.3, -0.25) is 4.79 Å². The fourth-order valence-electron chi connectivity index (χ4n) is 1.77. The van der Waals surface area contributed by atoms with Crippen LogP contribution >= 0.6 is 0 Å². The summed E-state index contributed by atoms with van der Waals surface area (Å²) >= 11 is 0. The van der Waals surface area contributed by atoms with Crippen molar-refractivity contribution in [2.75, 3.05) is 0 Å². The minimum absolute atomic E-state index is 0.223. The summed E-state index contributed by atoms with van der Waals surface area (Å²) in [4.78, 5) is 10.6. The lowest BCUT2D eigenvalue weighted by molar-refractivity contribution is -0.141. The third-order valence-corrected chi connectivity index (χ3v) is 2.40. The first-order valence-corrected chi connectivity index (χ1v) is 5.35. The first kappa shape index (κ1) is 13.2. The third-order valence-electron chi connectivity index (χ3n) is 2.40. The lowest BCUT2D eigenvalue weighted by Gasteiger charge is -2.14. The van der Waals surface area contributed by atoms with E-state index in [9.17, 15) is 4.79 Å². The van der Waals surface area contributed by atoms with Crippen molar-refractivity contribution in [3.63, 3.8) is 0 Å². The number of aliphatic carboxylic acids is 1. The van der Waals surface area contributed by atoms with Crippen molar-refractivity contribution in [1.82, 2.24) is 0 Å². The van der Waals surface area contributed by atoms with Gasteiger partial charge in [-0.2, -0.15) is 0 Å². The molecule has 82 valence electrons. The molecule has 0 aliphatic carbocycles. The highest BCUT2D eigenvalue weighted by atomic mass is 16.4. The summed E-state index contributed by atoms with van der Waals surface area (Å²) in [5, 5.41) is 8.75. The van der Waals surface area contributed by atoms with E-state index in [1.54, 1.807) is 6.92 Å². The van der Waals surface area contributed by atoms with Crippen LogP contribution in [0.25, 0.3) is 0 Å². The van der Waals surface area contributed by atoms with Gasteiger partial charge in [-0.25, -0.2) is 0 Å². The van der Waals surface area contributed by atoms with Crippen molar-refractivity contribution in [3.05, 3.63) is 11.6 Å². The molecule has 0 aliphatic heterocycles. The molecule has 2 heteroatoms. The molecule has 0 rings (SSSR count). The molecule has 0 amide bonds. The number of rotatable bonds is 6. The Hall–Kier alpha value is -0.790. The molecular formula is C12H22O2. The molecule has 14 heavy (non-hydrogen) atoms. The summed E-state index contributed by atoms with van der Waals surface area (Å²) in [5.74, 6) is -0.447. The Labute approximate surface area is 87.0 Å². The highest BCUT2D eigenvalue weighted by molar-refractivity contribution is 5.69. The minimum Gasteiger partial charge on any atom is -0.481 e. The van der Waals surface area contributed by atoms with Gasteiger partial charge in [0.2, 0.25) is 0 Å². The molecule has 1 N–H and O–H groups in total. The highest BCUT2D eigenvalue weighted by Crippen LogP contribution is 2.19. The molecule has 0 spiro atoms. The van der Waals surface area contributed by atoms with Crippen molar-refractivity contribution in [2.24, 2.45) is 11.8 Å². The number of carboxylic acids is 1. The number of carboxylic acid groups (broad SMARTS) is 1. The SMILES string of the molecule is CC/C=C(\C)C[C@H](C)C[C@H](C)C(=O)O. The summed E-state index contributed by atoms with van der Waals surface area (Å²) in [6, 6.07) is 0. The number of hydrogen-bond donors (Lipinski definition) is 1. The van der Waals surface area contributed by atoms with Gasteiger partial charge in [0.1, 0.15) is 0 Å². The normalized spacial score (nSPS) is 16.4.